The Kier molecular flexibility index (Phi) is 2.49. The molecule has 0 saturated heterocycles. The van der Waals surface area contributed by atoms with Gasteiger partial charge in [-0.15, -0.1) is 0 Å². The Morgan fingerprint density at radius 2 is 2.18 bits per heavy atom. The van der Waals surface area contributed by atoms with Crippen molar-refractivity contribution < 1.29 is 4.74 Å². The predicted octanol–water partition coefficient (Wildman–Crippen LogP) is 2.04. The van der Waals surface area contributed by atoms with Crippen LogP contribution in [-0.4, -0.2) is 7.11 Å². The molecular weight excluding hydrogens is 138 g/mol. The second kappa shape index (κ2) is 3.39. The fourth-order valence-corrected chi connectivity index (χ4v) is 0.911. The molecule has 11 heavy (non-hydrogen) atoms. The molecule has 1 radical (unpaired) electrons. The maximum atomic E-state index is 7.43. The van der Waals surface area contributed by atoms with E-state index in [0.29, 0.717) is 0 Å². The first-order valence-corrected chi connectivity index (χ1v) is 3.59. The molecular formula is C9H12NO. The Bertz CT molecular complexity index is 233. The van der Waals surface area contributed by atoms with Crippen molar-refractivity contribution in [3.8, 4) is 5.75 Å². The van der Waals surface area contributed by atoms with Crippen molar-refractivity contribution in [3.63, 3.8) is 0 Å². The lowest BCUT2D eigenvalue weighted by molar-refractivity contribution is 0.414. The van der Waals surface area contributed by atoms with E-state index in [4.69, 9.17) is 10.5 Å². The molecule has 59 valence electrons. The summed E-state index contributed by atoms with van der Waals surface area (Å²) in [5.41, 5.74) is 8.43. The van der Waals surface area contributed by atoms with E-state index in [1.54, 1.807) is 7.11 Å². The first-order valence-electron chi connectivity index (χ1n) is 3.59. The number of rotatable bonds is 2. The quantitative estimate of drug-likeness (QED) is 0.635. The average Bonchev–Trinajstić information content (AvgIpc) is 2.05. The summed E-state index contributed by atoms with van der Waals surface area (Å²) in [5.74, 6) is 0.821. The van der Waals surface area contributed by atoms with Crippen molar-refractivity contribution in [1.29, 1.82) is 0 Å². The number of methoxy groups -OCH3 is 1. The molecule has 0 bridgehead atoms. The van der Waals surface area contributed by atoms with E-state index in [9.17, 15) is 0 Å². The molecule has 1 aromatic rings. The summed E-state index contributed by atoms with van der Waals surface area (Å²) in [7, 11) is 1.63. The normalized spacial score (nSPS) is 12.6. The number of nitrogens with one attached hydrogen (secondary N) is 1. The van der Waals surface area contributed by atoms with Gasteiger partial charge in [0.2, 0.25) is 0 Å². The summed E-state index contributed by atoms with van der Waals surface area (Å²) < 4.78 is 5.02. The van der Waals surface area contributed by atoms with Gasteiger partial charge >= 0.3 is 0 Å². The van der Waals surface area contributed by atoms with Crippen molar-refractivity contribution in [2.24, 2.45) is 0 Å². The van der Waals surface area contributed by atoms with Crippen molar-refractivity contribution in [2.75, 3.05) is 7.11 Å². The summed E-state index contributed by atoms with van der Waals surface area (Å²) in [4.78, 5) is 0. The molecule has 0 heterocycles. The Morgan fingerprint density at radius 3 is 2.73 bits per heavy atom. The van der Waals surface area contributed by atoms with Gasteiger partial charge in [-0.3, -0.25) is 5.73 Å². The maximum Gasteiger partial charge on any atom is 0.119 e. The topological polar surface area (TPSA) is 33.0 Å². The first-order chi connectivity index (χ1) is 5.24. The maximum absolute atomic E-state index is 7.43. The Balaban J connectivity index is 2.91. The van der Waals surface area contributed by atoms with Gasteiger partial charge in [0.15, 0.2) is 0 Å². The van der Waals surface area contributed by atoms with Crippen LogP contribution >= 0.6 is 0 Å². The molecule has 1 atom stereocenters. The Labute approximate surface area is 67.0 Å². The molecule has 0 saturated carbocycles. The van der Waals surface area contributed by atoms with Crippen LogP contribution in [0.3, 0.4) is 0 Å². The van der Waals surface area contributed by atoms with Crippen LogP contribution in [0.2, 0.25) is 0 Å². The van der Waals surface area contributed by atoms with Gasteiger partial charge in [-0.1, -0.05) is 12.1 Å². The van der Waals surface area contributed by atoms with Crippen LogP contribution in [0.25, 0.3) is 0 Å². The summed E-state index contributed by atoms with van der Waals surface area (Å²) in [6.07, 6.45) is 0. The average molecular weight is 150 g/mol. The lowest BCUT2D eigenvalue weighted by atomic mass is 10.1. The smallest absolute Gasteiger partial charge is 0.119 e. The van der Waals surface area contributed by atoms with E-state index in [1.807, 2.05) is 31.2 Å². The molecule has 0 fully saturated rings. The summed E-state index contributed by atoms with van der Waals surface area (Å²) in [6.45, 7) is 1.84. The van der Waals surface area contributed by atoms with Gasteiger partial charge in [-0.25, -0.2) is 0 Å². The minimum absolute atomic E-state index is 0.176. The van der Waals surface area contributed by atoms with E-state index >= 15 is 0 Å². The highest BCUT2D eigenvalue weighted by Crippen LogP contribution is 2.17. The van der Waals surface area contributed by atoms with Gasteiger partial charge in [-0.05, 0) is 24.6 Å². The molecule has 0 aliphatic carbocycles. The summed E-state index contributed by atoms with van der Waals surface area (Å²) >= 11 is 0. The van der Waals surface area contributed by atoms with Gasteiger partial charge in [-0.2, -0.15) is 0 Å². The molecule has 0 aromatic heterocycles. The first kappa shape index (κ1) is 8.08. The molecule has 0 unspecified atom stereocenters. The fourth-order valence-electron chi connectivity index (χ4n) is 0.911. The minimum Gasteiger partial charge on any atom is -0.497 e. The molecule has 0 amide bonds. The van der Waals surface area contributed by atoms with Crippen LogP contribution in [-0.2, 0) is 0 Å². The highest BCUT2D eigenvalue weighted by atomic mass is 16.5. The second-order valence-corrected chi connectivity index (χ2v) is 2.50. The van der Waals surface area contributed by atoms with Crippen LogP contribution in [0.4, 0.5) is 0 Å². The summed E-state index contributed by atoms with van der Waals surface area (Å²) in [6, 6.07) is 7.42. The van der Waals surface area contributed by atoms with Crippen LogP contribution < -0.4 is 10.5 Å². The van der Waals surface area contributed by atoms with E-state index in [1.165, 1.54) is 0 Å². The third-order valence-corrected chi connectivity index (χ3v) is 1.59. The highest BCUT2D eigenvalue weighted by Gasteiger charge is 1.99. The van der Waals surface area contributed by atoms with E-state index < -0.39 is 0 Å². The van der Waals surface area contributed by atoms with Crippen molar-refractivity contribution in [3.05, 3.63) is 29.8 Å². The molecule has 2 nitrogen and oxygen atoms in total. The van der Waals surface area contributed by atoms with Gasteiger partial charge in [0, 0.05) is 6.04 Å². The Hall–Kier alpha value is -1.02. The van der Waals surface area contributed by atoms with Gasteiger partial charge < -0.3 is 4.74 Å². The van der Waals surface area contributed by atoms with Crippen LogP contribution in [0.15, 0.2) is 24.3 Å². The summed E-state index contributed by atoms with van der Waals surface area (Å²) in [5, 5.41) is 0. The number of ether oxygens (including phenoxy) is 1. The third-order valence-electron chi connectivity index (χ3n) is 1.59. The number of hydrogen-bond donors (Lipinski definition) is 0. The standard InChI is InChI=1S/C9H12NO/c1-7(10)8-4-3-5-9(6-8)11-2/h3-7,10H,1-2H3/t7-/m1/s1. The molecule has 1 aromatic carbocycles. The molecule has 1 N–H and O–H groups in total. The van der Waals surface area contributed by atoms with Crippen LogP contribution in [0, 0.1) is 0 Å². The van der Waals surface area contributed by atoms with Crippen molar-refractivity contribution in [1.82, 2.24) is 5.73 Å². The van der Waals surface area contributed by atoms with Gasteiger partial charge in [0.25, 0.3) is 0 Å². The van der Waals surface area contributed by atoms with Gasteiger partial charge in [0.1, 0.15) is 5.75 Å². The molecule has 1 rings (SSSR count). The van der Waals surface area contributed by atoms with Gasteiger partial charge in [0.05, 0.1) is 7.11 Å². The number of hydrogen-bond acceptors (Lipinski definition) is 1. The highest BCUT2D eigenvalue weighted by molar-refractivity contribution is 5.29. The number of benzene rings is 1. The predicted molar refractivity (Wildman–Crippen MR) is 44.5 cm³/mol. The zero-order valence-electron chi connectivity index (χ0n) is 6.79. The molecule has 2 heteroatoms. The third kappa shape index (κ3) is 1.95. The van der Waals surface area contributed by atoms with Crippen LogP contribution in [0.5, 0.6) is 5.75 Å². The lowest BCUT2D eigenvalue weighted by Gasteiger charge is -2.05. The minimum atomic E-state index is -0.176. The van der Waals surface area contributed by atoms with Crippen molar-refractivity contribution >= 4 is 0 Å². The Morgan fingerprint density at radius 1 is 1.45 bits per heavy atom. The van der Waals surface area contributed by atoms with Crippen molar-refractivity contribution in [2.45, 2.75) is 13.0 Å². The zero-order valence-corrected chi connectivity index (χ0v) is 6.79. The lowest BCUT2D eigenvalue weighted by Crippen LogP contribution is -1.93. The second-order valence-electron chi connectivity index (χ2n) is 2.50. The molecule has 0 aliphatic rings. The SMILES string of the molecule is COc1cccc([C@@H](C)[NH])c1. The molecule has 0 spiro atoms. The van der Waals surface area contributed by atoms with Crippen LogP contribution in [0.1, 0.15) is 18.5 Å². The zero-order chi connectivity index (χ0) is 8.27. The van der Waals surface area contributed by atoms with E-state index in [2.05, 4.69) is 0 Å². The largest absolute Gasteiger partial charge is 0.497 e. The molecule has 0 aliphatic heterocycles. The van der Waals surface area contributed by atoms with E-state index in [-0.39, 0.29) is 6.04 Å². The fraction of sp³-hybridized carbons (Fsp3) is 0.333. The monoisotopic (exact) mass is 150 g/mol. The van der Waals surface area contributed by atoms with E-state index in [0.717, 1.165) is 11.3 Å².